The Morgan fingerprint density at radius 3 is 2.46 bits per heavy atom. The highest BCUT2D eigenvalue weighted by Gasteiger charge is 2.57. The van der Waals surface area contributed by atoms with Crippen molar-refractivity contribution in [3.63, 3.8) is 0 Å². The molecule has 2 aliphatic carbocycles. The number of amides is 1. The van der Waals surface area contributed by atoms with Crippen LogP contribution in [0.1, 0.15) is 58.8 Å². The van der Waals surface area contributed by atoms with E-state index in [-0.39, 0.29) is 29.9 Å². The largest absolute Gasteiger partial charge is 0.378 e. The maximum Gasteiger partial charge on any atom is 0.231 e. The van der Waals surface area contributed by atoms with Crippen molar-refractivity contribution in [2.24, 2.45) is 16.1 Å². The summed E-state index contributed by atoms with van der Waals surface area (Å²) in [6.45, 7) is 7.92. The van der Waals surface area contributed by atoms with Gasteiger partial charge in [0, 0.05) is 43.7 Å². The van der Waals surface area contributed by atoms with Crippen molar-refractivity contribution in [2.75, 3.05) is 32.8 Å². The van der Waals surface area contributed by atoms with Crippen molar-refractivity contribution >= 4 is 35.8 Å². The maximum absolute atomic E-state index is 11.1. The van der Waals surface area contributed by atoms with Gasteiger partial charge >= 0.3 is 0 Å². The molecule has 1 saturated heterocycles. The van der Waals surface area contributed by atoms with E-state index in [1.165, 1.54) is 25.7 Å². The molecule has 4 N–H and O–H groups in total. The highest BCUT2D eigenvalue weighted by molar-refractivity contribution is 14.0. The van der Waals surface area contributed by atoms with E-state index >= 15 is 0 Å². The van der Waals surface area contributed by atoms with Crippen LogP contribution < -0.4 is 16.4 Å². The van der Waals surface area contributed by atoms with E-state index in [0.29, 0.717) is 30.1 Å². The van der Waals surface area contributed by atoms with Crippen LogP contribution >= 0.6 is 24.0 Å². The quantitative estimate of drug-likeness (QED) is 0.278. The Bertz CT molecular complexity index is 531. The van der Waals surface area contributed by atoms with Crippen LogP contribution in [0.4, 0.5) is 0 Å². The van der Waals surface area contributed by atoms with Gasteiger partial charge in [-0.1, -0.05) is 12.8 Å². The first kappa shape index (κ1) is 23.7. The van der Waals surface area contributed by atoms with Gasteiger partial charge in [0.2, 0.25) is 5.91 Å². The lowest BCUT2D eigenvalue weighted by Crippen LogP contribution is -2.65. The van der Waals surface area contributed by atoms with Gasteiger partial charge in [-0.25, -0.2) is 0 Å². The van der Waals surface area contributed by atoms with Crippen molar-refractivity contribution in [2.45, 2.75) is 77.0 Å². The van der Waals surface area contributed by atoms with Crippen molar-refractivity contribution < 1.29 is 9.53 Å². The van der Waals surface area contributed by atoms with E-state index in [4.69, 9.17) is 15.5 Å². The summed E-state index contributed by atoms with van der Waals surface area (Å²) in [7, 11) is 0. The molecule has 28 heavy (non-hydrogen) atoms. The highest BCUT2D eigenvalue weighted by atomic mass is 127. The molecule has 3 aliphatic rings. The van der Waals surface area contributed by atoms with Gasteiger partial charge in [-0.05, 0) is 46.0 Å². The molecule has 2 saturated carbocycles. The SMILES string of the molecule is CCN=C(NC1CCN(CC(N)=O)CC1)NC1CC(OCC)C12CCCC2.I. The average molecular weight is 507 g/mol. The fourth-order valence-electron chi connectivity index (χ4n) is 5.19. The summed E-state index contributed by atoms with van der Waals surface area (Å²) in [6, 6.07) is 0.860. The zero-order valence-electron chi connectivity index (χ0n) is 17.4. The van der Waals surface area contributed by atoms with Crippen LogP contribution in [0.15, 0.2) is 4.99 Å². The van der Waals surface area contributed by atoms with Crippen molar-refractivity contribution in [1.29, 1.82) is 0 Å². The Labute approximate surface area is 186 Å². The molecule has 0 aromatic rings. The molecule has 0 aromatic carbocycles. The molecule has 3 rings (SSSR count). The van der Waals surface area contributed by atoms with Crippen LogP contribution in [0.5, 0.6) is 0 Å². The zero-order chi connectivity index (χ0) is 19.3. The Morgan fingerprint density at radius 2 is 1.89 bits per heavy atom. The van der Waals surface area contributed by atoms with Gasteiger partial charge in [0.15, 0.2) is 5.96 Å². The van der Waals surface area contributed by atoms with E-state index < -0.39 is 0 Å². The number of ether oxygens (including phenoxy) is 1. The predicted molar refractivity (Wildman–Crippen MR) is 123 cm³/mol. The van der Waals surface area contributed by atoms with Crippen LogP contribution in [0, 0.1) is 5.41 Å². The number of carbonyl (C=O) groups excluding carboxylic acids is 1. The Hall–Kier alpha value is -0.610. The number of rotatable bonds is 7. The normalized spacial score (nSPS) is 27.9. The topological polar surface area (TPSA) is 92.0 Å². The number of hydrogen-bond acceptors (Lipinski definition) is 4. The standard InChI is InChI=1S/C20H37N5O2.HI/c1-3-22-19(23-15-7-11-25(12-8-15)14-18(21)26)24-16-13-17(27-4-2)20(16)9-5-6-10-20;/h15-17H,3-14H2,1-2H3,(H2,21,26)(H2,22,23,24);1H. The van der Waals surface area contributed by atoms with Gasteiger partial charge in [-0.15, -0.1) is 24.0 Å². The second-order valence-electron chi connectivity index (χ2n) is 8.30. The van der Waals surface area contributed by atoms with Crippen LogP contribution in [0.25, 0.3) is 0 Å². The number of carbonyl (C=O) groups is 1. The molecule has 1 amide bonds. The lowest BCUT2D eigenvalue weighted by Gasteiger charge is -2.54. The number of primary amides is 1. The fraction of sp³-hybridized carbons (Fsp3) is 0.900. The molecule has 0 aromatic heterocycles. The molecule has 1 aliphatic heterocycles. The molecular formula is C20H38IN5O2. The summed E-state index contributed by atoms with van der Waals surface area (Å²) in [5.74, 6) is 0.698. The van der Waals surface area contributed by atoms with E-state index in [0.717, 1.165) is 51.5 Å². The molecule has 2 unspecified atom stereocenters. The second kappa shape index (κ2) is 11.0. The van der Waals surface area contributed by atoms with Crippen LogP contribution in [-0.4, -0.2) is 67.7 Å². The molecular weight excluding hydrogens is 469 g/mol. The fourth-order valence-corrected chi connectivity index (χ4v) is 5.19. The minimum absolute atomic E-state index is 0. The molecule has 7 nitrogen and oxygen atoms in total. The maximum atomic E-state index is 11.1. The van der Waals surface area contributed by atoms with Gasteiger partial charge < -0.3 is 21.1 Å². The third-order valence-corrected chi connectivity index (χ3v) is 6.62. The Morgan fingerprint density at radius 1 is 1.21 bits per heavy atom. The summed E-state index contributed by atoms with van der Waals surface area (Å²) in [5.41, 5.74) is 5.61. The third-order valence-electron chi connectivity index (χ3n) is 6.62. The summed E-state index contributed by atoms with van der Waals surface area (Å²) in [4.78, 5) is 17.9. The van der Waals surface area contributed by atoms with E-state index in [1.54, 1.807) is 0 Å². The van der Waals surface area contributed by atoms with E-state index in [1.807, 2.05) is 0 Å². The second-order valence-corrected chi connectivity index (χ2v) is 8.30. The number of nitrogens with two attached hydrogens (primary N) is 1. The van der Waals surface area contributed by atoms with Gasteiger partial charge in [0.1, 0.15) is 0 Å². The van der Waals surface area contributed by atoms with Gasteiger partial charge in [0.05, 0.1) is 12.6 Å². The molecule has 162 valence electrons. The number of piperidine rings is 1. The average Bonchev–Trinajstić information content (AvgIpc) is 3.15. The highest BCUT2D eigenvalue weighted by Crippen LogP contribution is 2.54. The minimum Gasteiger partial charge on any atom is -0.378 e. The van der Waals surface area contributed by atoms with Crippen molar-refractivity contribution in [3.05, 3.63) is 0 Å². The Balaban J connectivity index is 0.00000280. The van der Waals surface area contributed by atoms with E-state index in [2.05, 4.69) is 29.4 Å². The first-order valence-corrected chi connectivity index (χ1v) is 10.8. The number of hydrogen-bond donors (Lipinski definition) is 3. The number of nitrogens with zero attached hydrogens (tertiary/aromatic N) is 2. The predicted octanol–water partition coefficient (Wildman–Crippen LogP) is 1.85. The van der Waals surface area contributed by atoms with Crippen LogP contribution in [0.3, 0.4) is 0 Å². The third kappa shape index (κ3) is 5.50. The molecule has 0 radical (unpaired) electrons. The van der Waals surface area contributed by atoms with Gasteiger partial charge in [-0.2, -0.15) is 0 Å². The molecule has 2 atom stereocenters. The van der Waals surface area contributed by atoms with Crippen molar-refractivity contribution in [3.8, 4) is 0 Å². The molecule has 0 bridgehead atoms. The van der Waals surface area contributed by atoms with Gasteiger partial charge in [-0.3, -0.25) is 14.7 Å². The summed E-state index contributed by atoms with van der Waals surface area (Å²) < 4.78 is 6.04. The first-order valence-electron chi connectivity index (χ1n) is 10.8. The smallest absolute Gasteiger partial charge is 0.231 e. The monoisotopic (exact) mass is 507 g/mol. The molecule has 1 spiro atoms. The lowest BCUT2D eigenvalue weighted by atomic mass is 9.60. The minimum atomic E-state index is -0.244. The zero-order valence-corrected chi connectivity index (χ0v) is 19.7. The first-order chi connectivity index (χ1) is 13.1. The lowest BCUT2D eigenvalue weighted by molar-refractivity contribution is -0.125. The van der Waals surface area contributed by atoms with Crippen molar-refractivity contribution in [1.82, 2.24) is 15.5 Å². The summed E-state index contributed by atoms with van der Waals surface area (Å²) in [5, 5.41) is 7.38. The summed E-state index contributed by atoms with van der Waals surface area (Å²) >= 11 is 0. The van der Waals surface area contributed by atoms with Crippen LogP contribution in [-0.2, 0) is 9.53 Å². The van der Waals surface area contributed by atoms with Gasteiger partial charge in [0.25, 0.3) is 0 Å². The molecule has 1 heterocycles. The summed E-state index contributed by atoms with van der Waals surface area (Å²) in [6.07, 6.45) is 8.66. The number of halogens is 1. The molecule has 8 heteroatoms. The number of guanidine groups is 1. The molecule has 3 fully saturated rings. The van der Waals surface area contributed by atoms with E-state index in [9.17, 15) is 4.79 Å². The number of likely N-dealkylation sites (tertiary alicyclic amines) is 1. The number of aliphatic imine (C=N–C) groups is 1. The number of nitrogens with one attached hydrogen (secondary N) is 2. The van der Waals surface area contributed by atoms with Crippen LogP contribution in [0.2, 0.25) is 0 Å². The Kier molecular flexibility index (Phi) is 9.27.